The lowest BCUT2D eigenvalue weighted by molar-refractivity contribution is -0.169. The van der Waals surface area contributed by atoms with Crippen LogP contribution in [-0.2, 0) is 14.3 Å². The number of rotatable bonds is 19. The van der Waals surface area contributed by atoms with Crippen LogP contribution in [0.5, 0.6) is 0 Å². The number of allylic oxidation sites excluding steroid dienone is 10. The van der Waals surface area contributed by atoms with Crippen LogP contribution in [0, 0.1) is 0 Å². The smallest absolute Gasteiger partial charge is 0.335 e. The van der Waals surface area contributed by atoms with E-state index in [9.17, 15) is 4.79 Å². The zero-order chi connectivity index (χ0) is 24.6. The van der Waals surface area contributed by atoms with Crippen LogP contribution in [-0.4, -0.2) is 24.3 Å². The van der Waals surface area contributed by atoms with Crippen molar-refractivity contribution in [3.05, 3.63) is 60.8 Å². The quantitative estimate of drug-likeness (QED) is 0.110. The van der Waals surface area contributed by atoms with Gasteiger partial charge in [-0.25, -0.2) is 4.79 Å². The Kier molecular flexibility index (Phi) is 20.7. The lowest BCUT2D eigenvalue weighted by Crippen LogP contribution is -2.33. The SMILES string of the molecule is CC/C=C\C/C=C\C/C=C\C/C=C\C/C=C\CCCCOC(CCCC)C(=O)OC(C)(C)C. The first-order valence-electron chi connectivity index (χ1n) is 13.0. The number of carbonyl (C=O) groups is 1. The highest BCUT2D eigenvalue weighted by molar-refractivity contribution is 5.75. The fourth-order valence-electron chi connectivity index (χ4n) is 2.98. The molecule has 0 aromatic carbocycles. The number of unbranched alkanes of at least 4 members (excludes halogenated alkanes) is 3. The van der Waals surface area contributed by atoms with Crippen molar-refractivity contribution in [1.29, 1.82) is 0 Å². The normalized spacial score (nSPS) is 14.0. The van der Waals surface area contributed by atoms with Crippen LogP contribution in [0.4, 0.5) is 0 Å². The molecule has 0 rings (SSSR count). The molecule has 0 aliphatic carbocycles. The van der Waals surface area contributed by atoms with Crippen LogP contribution >= 0.6 is 0 Å². The Balaban J connectivity index is 3.83. The standard InChI is InChI=1S/C30H50O3/c1-6-8-10-11-12-13-14-15-16-17-18-19-20-21-22-23-24-25-27-32-28(26-9-7-2)29(31)33-30(3,4)5/h8,10,12-13,15-16,18-19,21-22,28H,6-7,9,11,14,17,20,23-27H2,1-5H3/b10-8-,13-12-,16-15-,19-18-,22-21-. The third kappa shape index (κ3) is 23.1. The average Bonchev–Trinajstić information content (AvgIpc) is 2.76. The third-order valence-corrected chi connectivity index (χ3v) is 4.73. The summed E-state index contributed by atoms with van der Waals surface area (Å²) in [6, 6.07) is 0. The van der Waals surface area contributed by atoms with E-state index >= 15 is 0 Å². The van der Waals surface area contributed by atoms with Gasteiger partial charge in [0.25, 0.3) is 0 Å². The first kappa shape index (κ1) is 31.1. The fourth-order valence-corrected chi connectivity index (χ4v) is 2.98. The molecule has 0 saturated heterocycles. The van der Waals surface area contributed by atoms with Gasteiger partial charge in [-0.3, -0.25) is 0 Å². The Morgan fingerprint density at radius 2 is 1.24 bits per heavy atom. The van der Waals surface area contributed by atoms with Crippen LogP contribution in [0.15, 0.2) is 60.8 Å². The van der Waals surface area contributed by atoms with E-state index < -0.39 is 11.7 Å². The van der Waals surface area contributed by atoms with Crippen LogP contribution < -0.4 is 0 Å². The molecule has 0 bridgehead atoms. The minimum atomic E-state index is -0.469. The zero-order valence-electron chi connectivity index (χ0n) is 22.1. The summed E-state index contributed by atoms with van der Waals surface area (Å²) in [6.07, 6.45) is 32.7. The lowest BCUT2D eigenvalue weighted by Gasteiger charge is -2.24. The first-order valence-corrected chi connectivity index (χ1v) is 13.0. The van der Waals surface area contributed by atoms with Gasteiger partial charge in [-0.15, -0.1) is 0 Å². The molecule has 0 saturated carbocycles. The van der Waals surface area contributed by atoms with E-state index in [1.807, 2.05) is 20.8 Å². The van der Waals surface area contributed by atoms with Crippen molar-refractivity contribution in [3.8, 4) is 0 Å². The summed E-state index contributed by atoms with van der Waals surface area (Å²) in [5, 5.41) is 0. The molecule has 0 spiro atoms. The van der Waals surface area contributed by atoms with Crippen molar-refractivity contribution in [2.75, 3.05) is 6.61 Å². The van der Waals surface area contributed by atoms with Gasteiger partial charge in [0.15, 0.2) is 6.10 Å². The van der Waals surface area contributed by atoms with Gasteiger partial charge in [0.05, 0.1) is 0 Å². The molecule has 0 fully saturated rings. The summed E-state index contributed by atoms with van der Waals surface area (Å²) in [5.74, 6) is -0.228. The van der Waals surface area contributed by atoms with Gasteiger partial charge in [-0.1, -0.05) is 87.4 Å². The molecule has 0 heterocycles. The van der Waals surface area contributed by atoms with E-state index in [0.717, 1.165) is 70.6 Å². The first-order chi connectivity index (χ1) is 15.9. The predicted molar refractivity (Wildman–Crippen MR) is 143 cm³/mol. The second-order valence-corrected chi connectivity index (χ2v) is 9.24. The van der Waals surface area contributed by atoms with E-state index in [1.165, 1.54) is 0 Å². The monoisotopic (exact) mass is 458 g/mol. The molecule has 0 aromatic heterocycles. The van der Waals surface area contributed by atoms with Crippen LogP contribution in [0.3, 0.4) is 0 Å². The van der Waals surface area contributed by atoms with Crippen LogP contribution in [0.2, 0.25) is 0 Å². The van der Waals surface area contributed by atoms with E-state index in [0.29, 0.717) is 6.61 Å². The van der Waals surface area contributed by atoms with Crippen LogP contribution in [0.1, 0.15) is 105 Å². The van der Waals surface area contributed by atoms with Gasteiger partial charge in [-0.2, -0.15) is 0 Å². The molecule has 0 N–H and O–H groups in total. The molecule has 3 nitrogen and oxygen atoms in total. The maximum Gasteiger partial charge on any atom is 0.335 e. The maximum absolute atomic E-state index is 12.3. The molecule has 0 radical (unpaired) electrons. The summed E-state index contributed by atoms with van der Waals surface area (Å²) in [4.78, 5) is 12.3. The Hall–Kier alpha value is -1.87. The second-order valence-electron chi connectivity index (χ2n) is 9.24. The van der Waals surface area contributed by atoms with E-state index in [4.69, 9.17) is 9.47 Å². The minimum absolute atomic E-state index is 0.228. The highest BCUT2D eigenvalue weighted by Crippen LogP contribution is 2.14. The Labute approximate surface area is 204 Å². The van der Waals surface area contributed by atoms with Gasteiger partial charge in [0, 0.05) is 6.61 Å². The summed E-state index contributed by atoms with van der Waals surface area (Å²) >= 11 is 0. The predicted octanol–water partition coefficient (Wildman–Crippen LogP) is 8.83. The molecule has 0 aromatic rings. The van der Waals surface area contributed by atoms with Crippen molar-refractivity contribution in [2.45, 2.75) is 117 Å². The lowest BCUT2D eigenvalue weighted by atomic mass is 10.1. The van der Waals surface area contributed by atoms with Crippen molar-refractivity contribution < 1.29 is 14.3 Å². The molecular weight excluding hydrogens is 408 g/mol. The number of hydrogen-bond acceptors (Lipinski definition) is 3. The Bertz CT molecular complexity index is 603. The van der Waals surface area contributed by atoms with Crippen molar-refractivity contribution in [1.82, 2.24) is 0 Å². The summed E-state index contributed by atoms with van der Waals surface area (Å²) in [6.45, 7) is 10.6. The maximum atomic E-state index is 12.3. The third-order valence-electron chi connectivity index (χ3n) is 4.73. The Morgan fingerprint density at radius 1 is 0.727 bits per heavy atom. The largest absolute Gasteiger partial charge is 0.458 e. The zero-order valence-corrected chi connectivity index (χ0v) is 22.1. The van der Waals surface area contributed by atoms with Gasteiger partial charge >= 0.3 is 5.97 Å². The molecule has 3 heteroatoms. The number of carbonyl (C=O) groups excluding carboxylic acids is 1. The molecule has 33 heavy (non-hydrogen) atoms. The summed E-state index contributed by atoms with van der Waals surface area (Å²) in [7, 11) is 0. The van der Waals surface area contributed by atoms with E-state index in [2.05, 4.69) is 74.6 Å². The van der Waals surface area contributed by atoms with Crippen molar-refractivity contribution in [3.63, 3.8) is 0 Å². The molecule has 1 atom stereocenters. The molecule has 0 amide bonds. The topological polar surface area (TPSA) is 35.5 Å². The average molecular weight is 459 g/mol. The van der Waals surface area contributed by atoms with E-state index in [1.54, 1.807) is 0 Å². The van der Waals surface area contributed by atoms with Gasteiger partial charge in [-0.05, 0) is 78.6 Å². The van der Waals surface area contributed by atoms with Crippen molar-refractivity contribution >= 4 is 5.97 Å². The molecule has 188 valence electrons. The highest BCUT2D eigenvalue weighted by atomic mass is 16.6. The second kappa shape index (κ2) is 21.9. The van der Waals surface area contributed by atoms with Crippen molar-refractivity contribution in [2.24, 2.45) is 0 Å². The molecule has 1 unspecified atom stereocenters. The fraction of sp³-hybridized carbons (Fsp3) is 0.633. The summed E-state index contributed by atoms with van der Waals surface area (Å²) in [5.41, 5.74) is -0.469. The number of esters is 1. The van der Waals surface area contributed by atoms with E-state index in [-0.39, 0.29) is 5.97 Å². The number of ether oxygens (including phenoxy) is 2. The Morgan fingerprint density at radius 3 is 1.73 bits per heavy atom. The van der Waals surface area contributed by atoms with Crippen LogP contribution in [0.25, 0.3) is 0 Å². The van der Waals surface area contributed by atoms with Gasteiger partial charge in [0.2, 0.25) is 0 Å². The molecule has 0 aliphatic heterocycles. The number of hydrogen-bond donors (Lipinski definition) is 0. The van der Waals surface area contributed by atoms with Gasteiger partial charge in [0.1, 0.15) is 5.60 Å². The highest BCUT2D eigenvalue weighted by Gasteiger charge is 2.25. The molecular formula is C30H50O3. The summed E-state index contributed by atoms with van der Waals surface area (Å²) < 4.78 is 11.4. The minimum Gasteiger partial charge on any atom is -0.458 e. The molecule has 0 aliphatic rings. The van der Waals surface area contributed by atoms with Gasteiger partial charge < -0.3 is 9.47 Å².